The van der Waals surface area contributed by atoms with Crippen LogP contribution in [0.15, 0.2) is 77.7 Å². The minimum atomic E-state index is -3.78. The topological polar surface area (TPSA) is 106 Å². The molecule has 0 saturated heterocycles. The predicted molar refractivity (Wildman–Crippen MR) is 132 cm³/mol. The van der Waals surface area contributed by atoms with E-state index in [1.54, 1.807) is 60.7 Å². The van der Waals surface area contributed by atoms with Crippen LogP contribution in [-0.4, -0.2) is 33.2 Å². The molecule has 0 saturated carbocycles. The van der Waals surface area contributed by atoms with E-state index in [-0.39, 0.29) is 10.0 Å². The van der Waals surface area contributed by atoms with E-state index in [0.717, 1.165) is 0 Å². The molecule has 0 bridgehead atoms. The molecule has 3 aromatic carbocycles. The quantitative estimate of drug-likeness (QED) is 0.414. The number of ether oxygens (including phenoxy) is 2. The summed E-state index contributed by atoms with van der Waals surface area (Å²) >= 11 is 5.19. The molecular weight excluding hydrogens is 462 g/mol. The van der Waals surface area contributed by atoms with Crippen molar-refractivity contribution >= 4 is 44.6 Å². The van der Waals surface area contributed by atoms with Gasteiger partial charge in [-0.05, 0) is 79.8 Å². The molecule has 10 heteroatoms. The second kappa shape index (κ2) is 10.8. The van der Waals surface area contributed by atoms with Crippen LogP contribution in [0, 0.1) is 0 Å². The van der Waals surface area contributed by atoms with Crippen molar-refractivity contribution in [2.45, 2.75) is 11.8 Å². The number of para-hydroxylation sites is 1. The highest BCUT2D eigenvalue weighted by atomic mass is 32.2. The SMILES string of the molecule is CCOc1ccc(NS(=O)(=O)c2ccc(NC(=S)NC(=O)c3ccccc3OC)cc2)cc1. The van der Waals surface area contributed by atoms with E-state index in [1.807, 2.05) is 6.92 Å². The molecule has 3 N–H and O–H groups in total. The summed E-state index contributed by atoms with van der Waals surface area (Å²) in [6, 6.07) is 19.4. The van der Waals surface area contributed by atoms with Crippen LogP contribution in [0.25, 0.3) is 0 Å². The smallest absolute Gasteiger partial charge is 0.261 e. The van der Waals surface area contributed by atoms with E-state index in [9.17, 15) is 13.2 Å². The van der Waals surface area contributed by atoms with Gasteiger partial charge in [-0.3, -0.25) is 14.8 Å². The lowest BCUT2D eigenvalue weighted by Gasteiger charge is -2.12. The van der Waals surface area contributed by atoms with Gasteiger partial charge in [0.1, 0.15) is 11.5 Å². The Balaban J connectivity index is 1.62. The summed E-state index contributed by atoms with van der Waals surface area (Å²) in [5.41, 5.74) is 1.27. The molecule has 0 heterocycles. The van der Waals surface area contributed by atoms with Crippen LogP contribution >= 0.6 is 12.2 Å². The molecule has 0 aliphatic carbocycles. The normalized spacial score (nSPS) is 10.7. The van der Waals surface area contributed by atoms with E-state index in [2.05, 4.69) is 15.4 Å². The second-order valence-corrected chi connectivity index (χ2v) is 8.79. The van der Waals surface area contributed by atoms with Gasteiger partial charge in [-0.25, -0.2) is 8.42 Å². The number of benzene rings is 3. The third-order valence-corrected chi connectivity index (χ3v) is 6.02. The number of hydrogen-bond acceptors (Lipinski definition) is 6. The van der Waals surface area contributed by atoms with Crippen molar-refractivity contribution in [3.05, 3.63) is 78.4 Å². The maximum atomic E-state index is 12.7. The summed E-state index contributed by atoms with van der Waals surface area (Å²) in [6.45, 7) is 2.40. The number of rotatable bonds is 8. The minimum Gasteiger partial charge on any atom is -0.496 e. The van der Waals surface area contributed by atoms with Gasteiger partial charge in [-0.1, -0.05) is 12.1 Å². The van der Waals surface area contributed by atoms with Crippen molar-refractivity contribution in [3.8, 4) is 11.5 Å². The van der Waals surface area contributed by atoms with Gasteiger partial charge in [0.05, 0.1) is 24.2 Å². The number of anilines is 2. The zero-order chi connectivity index (χ0) is 23.8. The fraction of sp³-hybridized carbons (Fsp3) is 0.130. The van der Waals surface area contributed by atoms with Gasteiger partial charge in [-0.15, -0.1) is 0 Å². The van der Waals surface area contributed by atoms with Gasteiger partial charge in [-0.2, -0.15) is 0 Å². The zero-order valence-electron chi connectivity index (χ0n) is 18.0. The number of carbonyl (C=O) groups excluding carboxylic acids is 1. The summed E-state index contributed by atoms with van der Waals surface area (Å²) in [5.74, 6) is 0.653. The number of methoxy groups -OCH3 is 1. The Bertz CT molecular complexity index is 1230. The first-order valence-corrected chi connectivity index (χ1v) is 11.8. The van der Waals surface area contributed by atoms with Crippen LogP contribution < -0.4 is 24.8 Å². The van der Waals surface area contributed by atoms with Gasteiger partial charge in [0.15, 0.2) is 5.11 Å². The lowest BCUT2D eigenvalue weighted by atomic mass is 10.2. The first-order chi connectivity index (χ1) is 15.8. The molecule has 3 rings (SSSR count). The minimum absolute atomic E-state index is 0.0639. The van der Waals surface area contributed by atoms with E-state index < -0.39 is 15.9 Å². The Hall–Kier alpha value is -3.63. The number of thiocarbonyl (C=S) groups is 1. The molecule has 33 heavy (non-hydrogen) atoms. The molecule has 0 unspecified atom stereocenters. The van der Waals surface area contributed by atoms with Crippen LogP contribution in [0.3, 0.4) is 0 Å². The number of sulfonamides is 1. The molecule has 0 aromatic heterocycles. The van der Waals surface area contributed by atoms with Gasteiger partial charge < -0.3 is 14.8 Å². The molecule has 8 nitrogen and oxygen atoms in total. The fourth-order valence-corrected chi connectivity index (χ4v) is 4.15. The maximum Gasteiger partial charge on any atom is 0.261 e. The van der Waals surface area contributed by atoms with E-state index >= 15 is 0 Å². The van der Waals surface area contributed by atoms with Gasteiger partial charge >= 0.3 is 0 Å². The molecule has 3 aromatic rings. The third-order valence-electron chi connectivity index (χ3n) is 4.42. The Morgan fingerprint density at radius 2 is 1.58 bits per heavy atom. The molecule has 1 amide bonds. The Morgan fingerprint density at radius 1 is 0.939 bits per heavy atom. The Morgan fingerprint density at radius 3 is 2.21 bits per heavy atom. The van der Waals surface area contributed by atoms with Gasteiger partial charge in [0.2, 0.25) is 0 Å². The van der Waals surface area contributed by atoms with Crippen molar-refractivity contribution in [2.75, 3.05) is 23.8 Å². The monoisotopic (exact) mass is 485 g/mol. The molecule has 0 aliphatic heterocycles. The molecule has 0 atom stereocenters. The molecule has 0 spiro atoms. The van der Waals surface area contributed by atoms with Crippen molar-refractivity contribution < 1.29 is 22.7 Å². The first kappa shape index (κ1) is 24.0. The summed E-state index contributed by atoms with van der Waals surface area (Å²) < 4.78 is 38.4. The van der Waals surface area contributed by atoms with E-state index in [0.29, 0.717) is 35.0 Å². The highest BCUT2D eigenvalue weighted by molar-refractivity contribution is 7.92. The summed E-state index contributed by atoms with van der Waals surface area (Å²) in [7, 11) is -2.31. The summed E-state index contributed by atoms with van der Waals surface area (Å²) in [5, 5.41) is 5.49. The predicted octanol–water partition coefficient (Wildman–Crippen LogP) is 4.02. The molecule has 0 aliphatic rings. The number of carbonyl (C=O) groups is 1. The highest BCUT2D eigenvalue weighted by Crippen LogP contribution is 2.21. The van der Waals surface area contributed by atoms with Crippen molar-refractivity contribution in [1.29, 1.82) is 0 Å². The van der Waals surface area contributed by atoms with Crippen LogP contribution in [0.5, 0.6) is 11.5 Å². The largest absolute Gasteiger partial charge is 0.496 e. The van der Waals surface area contributed by atoms with Crippen molar-refractivity contribution in [2.24, 2.45) is 0 Å². The fourth-order valence-electron chi connectivity index (χ4n) is 2.88. The Kier molecular flexibility index (Phi) is 7.86. The van der Waals surface area contributed by atoms with Crippen molar-refractivity contribution in [3.63, 3.8) is 0 Å². The van der Waals surface area contributed by atoms with Crippen LogP contribution in [0.2, 0.25) is 0 Å². The number of amides is 1. The maximum absolute atomic E-state index is 12.7. The van der Waals surface area contributed by atoms with Gasteiger partial charge in [0, 0.05) is 11.4 Å². The average molecular weight is 486 g/mol. The van der Waals surface area contributed by atoms with E-state index in [4.69, 9.17) is 21.7 Å². The molecule has 172 valence electrons. The van der Waals surface area contributed by atoms with E-state index in [1.165, 1.54) is 19.2 Å². The third kappa shape index (κ3) is 6.43. The first-order valence-electron chi connectivity index (χ1n) is 9.93. The number of nitrogens with one attached hydrogen (secondary N) is 3. The standard InChI is InChI=1S/C23H23N3O5S2/c1-3-31-18-12-8-17(9-13-18)26-33(28,29)19-14-10-16(11-15-19)24-23(32)25-22(27)20-6-4-5-7-21(20)30-2/h4-15,26H,3H2,1-2H3,(H2,24,25,27,32). The molecule has 0 fully saturated rings. The Labute approximate surface area is 198 Å². The van der Waals surface area contributed by atoms with Gasteiger partial charge in [0.25, 0.3) is 15.9 Å². The lowest BCUT2D eigenvalue weighted by molar-refractivity contribution is 0.0974. The van der Waals surface area contributed by atoms with Crippen molar-refractivity contribution in [1.82, 2.24) is 5.32 Å². The summed E-state index contributed by atoms with van der Waals surface area (Å²) in [4.78, 5) is 12.5. The van der Waals surface area contributed by atoms with Crippen LogP contribution in [0.4, 0.5) is 11.4 Å². The highest BCUT2D eigenvalue weighted by Gasteiger charge is 2.15. The van der Waals surface area contributed by atoms with Crippen LogP contribution in [-0.2, 0) is 10.0 Å². The van der Waals surface area contributed by atoms with Crippen LogP contribution in [0.1, 0.15) is 17.3 Å². The summed E-state index contributed by atoms with van der Waals surface area (Å²) in [6.07, 6.45) is 0. The lowest BCUT2D eigenvalue weighted by Crippen LogP contribution is -2.34. The number of hydrogen-bond donors (Lipinski definition) is 3. The average Bonchev–Trinajstić information content (AvgIpc) is 2.80. The molecule has 0 radical (unpaired) electrons. The zero-order valence-corrected chi connectivity index (χ0v) is 19.6. The second-order valence-electron chi connectivity index (χ2n) is 6.70. The molecular formula is C23H23N3O5S2.